The molecule has 1 amide bonds. The fourth-order valence-corrected chi connectivity index (χ4v) is 2.29. The van der Waals surface area contributed by atoms with E-state index in [1.807, 2.05) is 13.8 Å². The molecule has 0 aliphatic rings. The van der Waals surface area contributed by atoms with Gasteiger partial charge in [-0.25, -0.2) is 0 Å². The van der Waals surface area contributed by atoms with Crippen molar-refractivity contribution in [3.8, 4) is 0 Å². The Morgan fingerprint density at radius 1 is 1.26 bits per heavy atom. The van der Waals surface area contributed by atoms with Gasteiger partial charge in [-0.15, -0.1) is 0 Å². The lowest BCUT2D eigenvalue weighted by Crippen LogP contribution is -2.13. The Kier molecular flexibility index (Phi) is 4.12. The van der Waals surface area contributed by atoms with Crippen molar-refractivity contribution in [2.24, 2.45) is 0 Å². The van der Waals surface area contributed by atoms with Crippen molar-refractivity contribution in [3.63, 3.8) is 0 Å². The van der Waals surface area contributed by atoms with Crippen molar-refractivity contribution in [2.75, 3.05) is 5.32 Å². The van der Waals surface area contributed by atoms with Gasteiger partial charge in [0.05, 0.1) is 0 Å². The second-order valence-electron chi connectivity index (χ2n) is 4.10. The fraction of sp³-hybridized carbons (Fsp3) is 0.231. The normalized spacial score (nSPS) is 10.5. The monoisotopic (exact) mass is 297 g/mol. The summed E-state index contributed by atoms with van der Waals surface area (Å²) in [7, 11) is 0. The van der Waals surface area contributed by atoms with Crippen LogP contribution < -0.4 is 5.32 Å². The Bertz CT molecular complexity index is 602. The Balaban J connectivity index is 2.20. The zero-order valence-electron chi connectivity index (χ0n) is 10.6. The van der Waals surface area contributed by atoms with Gasteiger partial charge in [-0.1, -0.05) is 23.2 Å². The molecule has 0 radical (unpaired) electrons. The maximum atomic E-state index is 12.0. The van der Waals surface area contributed by atoms with E-state index in [-0.39, 0.29) is 5.91 Å². The molecule has 1 heterocycles. The van der Waals surface area contributed by atoms with Crippen molar-refractivity contribution in [1.29, 1.82) is 0 Å². The lowest BCUT2D eigenvalue weighted by molar-refractivity contribution is 0.102. The predicted molar refractivity (Wildman–Crippen MR) is 77.1 cm³/mol. The number of benzene rings is 1. The highest BCUT2D eigenvalue weighted by atomic mass is 35.5. The van der Waals surface area contributed by atoms with E-state index in [4.69, 9.17) is 23.2 Å². The third-order valence-electron chi connectivity index (χ3n) is 2.63. The zero-order chi connectivity index (χ0) is 14.0. The average molecular weight is 298 g/mol. The first-order chi connectivity index (χ1) is 8.99. The number of hydrogen-bond donors (Lipinski definition) is 1. The molecule has 0 bridgehead atoms. The number of rotatable bonds is 3. The van der Waals surface area contributed by atoms with Crippen LogP contribution in [0.2, 0.25) is 10.0 Å². The lowest BCUT2D eigenvalue weighted by atomic mass is 10.3. The molecule has 4 nitrogen and oxygen atoms in total. The van der Waals surface area contributed by atoms with Gasteiger partial charge in [0, 0.05) is 28.0 Å². The smallest absolute Gasteiger partial charge is 0.276 e. The van der Waals surface area contributed by atoms with Gasteiger partial charge in [0.2, 0.25) is 0 Å². The molecule has 19 heavy (non-hydrogen) atoms. The summed E-state index contributed by atoms with van der Waals surface area (Å²) in [6.45, 7) is 4.60. The minimum atomic E-state index is -0.284. The molecule has 6 heteroatoms. The Morgan fingerprint density at radius 3 is 2.42 bits per heavy atom. The summed E-state index contributed by atoms with van der Waals surface area (Å²) in [5.74, 6) is -0.284. The highest BCUT2D eigenvalue weighted by Crippen LogP contribution is 2.22. The van der Waals surface area contributed by atoms with Gasteiger partial charge in [0.25, 0.3) is 5.91 Å². The topological polar surface area (TPSA) is 46.9 Å². The van der Waals surface area contributed by atoms with Gasteiger partial charge in [0.1, 0.15) is 0 Å². The number of amides is 1. The van der Waals surface area contributed by atoms with Gasteiger partial charge < -0.3 is 5.32 Å². The molecule has 0 aliphatic heterocycles. The average Bonchev–Trinajstić information content (AvgIpc) is 2.69. The van der Waals surface area contributed by atoms with Crippen molar-refractivity contribution in [3.05, 3.63) is 45.7 Å². The number of aryl methyl sites for hydroxylation is 2. The summed E-state index contributed by atoms with van der Waals surface area (Å²) in [5, 5.41) is 7.87. The van der Waals surface area contributed by atoms with E-state index in [1.165, 1.54) is 0 Å². The summed E-state index contributed by atoms with van der Waals surface area (Å²) < 4.78 is 1.76. The number of carbonyl (C=O) groups is 1. The Labute approximate surface area is 121 Å². The maximum Gasteiger partial charge on any atom is 0.276 e. The van der Waals surface area contributed by atoms with Crippen LogP contribution >= 0.6 is 23.2 Å². The van der Waals surface area contributed by atoms with E-state index in [1.54, 1.807) is 28.9 Å². The van der Waals surface area contributed by atoms with Crippen LogP contribution in [0.25, 0.3) is 0 Å². The molecular formula is C13H13Cl2N3O. The quantitative estimate of drug-likeness (QED) is 0.937. The van der Waals surface area contributed by atoms with E-state index >= 15 is 0 Å². The third kappa shape index (κ3) is 3.28. The first-order valence-corrected chi connectivity index (χ1v) is 6.57. The number of nitrogens with zero attached hydrogens (tertiary/aromatic N) is 2. The van der Waals surface area contributed by atoms with Crippen LogP contribution in [0, 0.1) is 6.92 Å². The first-order valence-electron chi connectivity index (χ1n) is 5.81. The Morgan fingerprint density at radius 2 is 1.89 bits per heavy atom. The molecule has 0 spiro atoms. The molecule has 2 rings (SSSR count). The molecular weight excluding hydrogens is 285 g/mol. The van der Waals surface area contributed by atoms with Crippen LogP contribution in [0.1, 0.15) is 23.1 Å². The van der Waals surface area contributed by atoms with Crippen LogP contribution in [-0.4, -0.2) is 15.7 Å². The van der Waals surface area contributed by atoms with Crippen LogP contribution in [0.4, 0.5) is 5.69 Å². The van der Waals surface area contributed by atoms with Gasteiger partial charge in [-0.2, -0.15) is 5.10 Å². The number of halogens is 2. The molecule has 0 fully saturated rings. The van der Waals surface area contributed by atoms with E-state index < -0.39 is 0 Å². The van der Waals surface area contributed by atoms with Gasteiger partial charge >= 0.3 is 0 Å². The van der Waals surface area contributed by atoms with Crippen molar-refractivity contribution in [2.45, 2.75) is 20.4 Å². The molecule has 2 aromatic rings. The minimum Gasteiger partial charge on any atom is -0.320 e. The van der Waals surface area contributed by atoms with Crippen LogP contribution in [-0.2, 0) is 6.54 Å². The summed E-state index contributed by atoms with van der Waals surface area (Å²) in [4.78, 5) is 12.0. The fourth-order valence-electron chi connectivity index (χ4n) is 1.76. The molecule has 0 saturated carbocycles. The molecule has 100 valence electrons. The van der Waals surface area contributed by atoms with E-state index in [9.17, 15) is 4.79 Å². The van der Waals surface area contributed by atoms with Crippen LogP contribution in [0.15, 0.2) is 24.3 Å². The number of hydrogen-bond acceptors (Lipinski definition) is 2. The second-order valence-corrected chi connectivity index (χ2v) is 4.97. The molecule has 0 saturated heterocycles. The molecule has 0 unspecified atom stereocenters. The third-order valence-corrected chi connectivity index (χ3v) is 3.07. The predicted octanol–water partition coefficient (Wildman–Crippen LogP) is 3.77. The molecule has 1 aromatic heterocycles. The van der Waals surface area contributed by atoms with Crippen molar-refractivity contribution < 1.29 is 4.79 Å². The van der Waals surface area contributed by atoms with Crippen LogP contribution in [0.5, 0.6) is 0 Å². The number of aromatic nitrogens is 2. The summed E-state index contributed by atoms with van der Waals surface area (Å²) in [6, 6.07) is 6.61. The summed E-state index contributed by atoms with van der Waals surface area (Å²) >= 11 is 11.8. The summed E-state index contributed by atoms with van der Waals surface area (Å²) in [6.07, 6.45) is 0. The van der Waals surface area contributed by atoms with Crippen molar-refractivity contribution >= 4 is 34.8 Å². The largest absolute Gasteiger partial charge is 0.320 e. The Hall–Kier alpha value is -1.52. The van der Waals surface area contributed by atoms with E-state index in [0.29, 0.717) is 21.4 Å². The lowest BCUT2D eigenvalue weighted by Gasteiger charge is -2.04. The summed E-state index contributed by atoms with van der Waals surface area (Å²) in [5.41, 5.74) is 1.86. The molecule has 1 aromatic carbocycles. The van der Waals surface area contributed by atoms with E-state index in [0.717, 1.165) is 12.2 Å². The number of nitrogens with one attached hydrogen (secondary N) is 1. The van der Waals surface area contributed by atoms with Gasteiger partial charge in [0.15, 0.2) is 5.69 Å². The SMILES string of the molecule is CCn1nc(C(=O)Nc2cc(Cl)cc(Cl)c2)cc1C. The second kappa shape index (κ2) is 5.63. The molecule has 0 atom stereocenters. The first kappa shape index (κ1) is 13.9. The van der Waals surface area contributed by atoms with Gasteiger partial charge in [-0.3, -0.25) is 9.48 Å². The van der Waals surface area contributed by atoms with Crippen molar-refractivity contribution in [1.82, 2.24) is 9.78 Å². The zero-order valence-corrected chi connectivity index (χ0v) is 12.1. The number of anilines is 1. The van der Waals surface area contributed by atoms with E-state index in [2.05, 4.69) is 10.4 Å². The van der Waals surface area contributed by atoms with Crippen LogP contribution in [0.3, 0.4) is 0 Å². The number of carbonyl (C=O) groups excluding carboxylic acids is 1. The molecule has 0 aliphatic carbocycles. The van der Waals surface area contributed by atoms with Gasteiger partial charge in [-0.05, 0) is 38.1 Å². The molecule has 1 N–H and O–H groups in total. The standard InChI is InChI=1S/C13H13Cl2N3O/c1-3-18-8(2)4-12(17-18)13(19)16-11-6-9(14)5-10(15)7-11/h4-7H,3H2,1-2H3,(H,16,19). The highest BCUT2D eigenvalue weighted by Gasteiger charge is 2.12. The maximum absolute atomic E-state index is 12.0. The highest BCUT2D eigenvalue weighted by molar-refractivity contribution is 6.35. The minimum absolute atomic E-state index is 0.284.